The number of halogens is 2. The number of thioether (sulfide) groups is 1. The van der Waals surface area contributed by atoms with Crippen LogP contribution in [-0.4, -0.2) is 40.2 Å². The van der Waals surface area contributed by atoms with Gasteiger partial charge in [0.15, 0.2) is 15.8 Å². The fourth-order valence-electron chi connectivity index (χ4n) is 4.89. The second-order valence-electron chi connectivity index (χ2n) is 10.2. The molecule has 0 spiro atoms. The van der Waals surface area contributed by atoms with Crippen LogP contribution in [0.3, 0.4) is 0 Å². The van der Waals surface area contributed by atoms with Crippen molar-refractivity contribution in [3.8, 4) is 11.5 Å². The normalized spacial score (nSPS) is 17.6. The molecule has 1 aromatic heterocycles. The monoisotopic (exact) mass is 653 g/mol. The average Bonchev–Trinajstić information content (AvgIpc) is 3.57. The minimum Gasteiger partial charge on any atom is -0.507 e. The minimum absolute atomic E-state index is 0.0451. The Morgan fingerprint density at radius 1 is 1.02 bits per heavy atom. The highest BCUT2D eigenvalue weighted by atomic mass is 35.5. The Bertz CT molecular complexity index is 1760. The van der Waals surface area contributed by atoms with Gasteiger partial charge in [0, 0.05) is 21.4 Å². The van der Waals surface area contributed by atoms with E-state index < -0.39 is 17.7 Å². The number of rotatable bonds is 7. The molecule has 1 N–H and O–H groups in total. The number of anilines is 1. The summed E-state index contributed by atoms with van der Waals surface area (Å²) in [4.78, 5) is 28.5. The second kappa shape index (κ2) is 12.2. The first-order chi connectivity index (χ1) is 20.7. The number of aromatic nitrogens is 2. The van der Waals surface area contributed by atoms with Gasteiger partial charge in [0.25, 0.3) is 5.78 Å². The summed E-state index contributed by atoms with van der Waals surface area (Å²) >= 11 is 14.9. The molecular formula is C31H25Cl2N3O5S2. The van der Waals surface area contributed by atoms with Gasteiger partial charge in [-0.2, -0.15) is 0 Å². The van der Waals surface area contributed by atoms with Crippen molar-refractivity contribution in [3.63, 3.8) is 0 Å². The van der Waals surface area contributed by atoms with E-state index in [0.717, 1.165) is 11.1 Å². The van der Waals surface area contributed by atoms with E-state index in [-0.39, 0.29) is 22.4 Å². The highest BCUT2D eigenvalue weighted by molar-refractivity contribution is 8.00. The lowest BCUT2D eigenvalue weighted by Gasteiger charge is -2.23. The lowest BCUT2D eigenvalue weighted by Crippen LogP contribution is -2.29. The van der Waals surface area contributed by atoms with E-state index in [1.54, 1.807) is 30.3 Å². The summed E-state index contributed by atoms with van der Waals surface area (Å²) in [5.74, 6) is -0.138. The number of Topliss-reactive ketones (excluding diaryl/α,β-unsaturated/α-hetero) is 1. The molecule has 220 valence electrons. The molecule has 3 heterocycles. The van der Waals surface area contributed by atoms with E-state index in [1.807, 2.05) is 30.3 Å². The molecule has 12 heteroatoms. The molecule has 0 radical (unpaired) electrons. The van der Waals surface area contributed by atoms with Gasteiger partial charge in [0.1, 0.15) is 19.0 Å². The fourth-order valence-corrected chi connectivity index (χ4v) is 7.32. The molecule has 4 aromatic rings. The molecular weight excluding hydrogens is 629 g/mol. The maximum Gasteiger partial charge on any atom is 0.301 e. The van der Waals surface area contributed by atoms with Crippen LogP contribution in [0.5, 0.6) is 11.5 Å². The van der Waals surface area contributed by atoms with E-state index in [4.69, 9.17) is 32.7 Å². The van der Waals surface area contributed by atoms with E-state index in [2.05, 4.69) is 24.0 Å². The topological polar surface area (TPSA) is 102 Å². The van der Waals surface area contributed by atoms with Crippen molar-refractivity contribution in [2.75, 3.05) is 18.1 Å². The third-order valence-corrected chi connectivity index (χ3v) is 9.84. The van der Waals surface area contributed by atoms with Crippen molar-refractivity contribution in [3.05, 3.63) is 98.5 Å². The third kappa shape index (κ3) is 5.84. The number of nitrogens with zero attached hydrogens (tertiary/aromatic N) is 3. The first-order valence-electron chi connectivity index (χ1n) is 13.4. The van der Waals surface area contributed by atoms with Gasteiger partial charge >= 0.3 is 5.91 Å². The Balaban J connectivity index is 1.39. The molecule has 3 aromatic carbocycles. The first kappa shape index (κ1) is 29.5. The quantitative estimate of drug-likeness (QED) is 0.0713. The molecule has 0 saturated carbocycles. The van der Waals surface area contributed by atoms with Gasteiger partial charge in [0.05, 0.1) is 11.6 Å². The van der Waals surface area contributed by atoms with Crippen LogP contribution in [0.4, 0.5) is 5.13 Å². The Morgan fingerprint density at radius 3 is 2.49 bits per heavy atom. The van der Waals surface area contributed by atoms with Crippen LogP contribution in [0.25, 0.3) is 5.76 Å². The number of ether oxygens (including phenoxy) is 2. The maximum atomic E-state index is 13.6. The third-order valence-electron chi connectivity index (χ3n) is 7.15. The van der Waals surface area contributed by atoms with Gasteiger partial charge in [-0.1, -0.05) is 90.5 Å². The summed E-state index contributed by atoms with van der Waals surface area (Å²) in [6.07, 6.45) is 0. The van der Waals surface area contributed by atoms with Crippen LogP contribution in [0, 0.1) is 0 Å². The molecule has 1 saturated heterocycles. The second-order valence-corrected chi connectivity index (χ2v) is 13.2. The summed E-state index contributed by atoms with van der Waals surface area (Å²) in [7, 11) is 0. The number of aliphatic hydroxyl groups excluding tert-OH is 1. The molecule has 1 unspecified atom stereocenters. The predicted molar refractivity (Wildman–Crippen MR) is 169 cm³/mol. The molecule has 43 heavy (non-hydrogen) atoms. The van der Waals surface area contributed by atoms with Crippen LogP contribution in [0.2, 0.25) is 10.0 Å². The highest BCUT2D eigenvalue weighted by Gasteiger charge is 2.48. The van der Waals surface area contributed by atoms with Crippen molar-refractivity contribution in [1.29, 1.82) is 0 Å². The minimum atomic E-state index is -0.925. The number of aliphatic hydroxyl groups is 1. The van der Waals surface area contributed by atoms with Crippen molar-refractivity contribution in [1.82, 2.24) is 10.2 Å². The van der Waals surface area contributed by atoms with Gasteiger partial charge < -0.3 is 14.6 Å². The van der Waals surface area contributed by atoms with Crippen molar-refractivity contribution in [2.24, 2.45) is 0 Å². The van der Waals surface area contributed by atoms with Crippen molar-refractivity contribution < 1.29 is 24.2 Å². The van der Waals surface area contributed by atoms with Crippen LogP contribution >= 0.6 is 46.3 Å². The summed E-state index contributed by atoms with van der Waals surface area (Å²) in [5, 5.41) is 21.4. The standard InChI is InChI=1S/C31H25Cl2N3O5S2/c1-16(2)17-3-5-18(6-4-17)26-25(27(37)19-8-10-23-24(13-19)41-12-11-40-23)28(38)29(39)36(26)30-34-35-31(43-30)42-15-20-7-9-21(32)14-22(20)33/h3-10,13-14,16,26,37H,11-12,15H2,1-2H3/b27-25-. The van der Waals surface area contributed by atoms with Crippen LogP contribution in [-0.2, 0) is 15.3 Å². The Morgan fingerprint density at radius 2 is 1.77 bits per heavy atom. The molecule has 1 fully saturated rings. The summed E-state index contributed by atoms with van der Waals surface area (Å²) in [5.41, 5.74) is 2.91. The van der Waals surface area contributed by atoms with E-state index in [9.17, 15) is 14.7 Å². The maximum absolute atomic E-state index is 13.6. The van der Waals surface area contributed by atoms with Gasteiger partial charge in [-0.15, -0.1) is 10.2 Å². The number of hydrogen-bond donors (Lipinski definition) is 1. The molecule has 8 nitrogen and oxygen atoms in total. The smallest absolute Gasteiger partial charge is 0.301 e. The number of carbonyl (C=O) groups is 2. The summed E-state index contributed by atoms with van der Waals surface area (Å²) < 4.78 is 11.9. The van der Waals surface area contributed by atoms with Crippen LogP contribution in [0.1, 0.15) is 48.1 Å². The Kier molecular flexibility index (Phi) is 8.37. The highest BCUT2D eigenvalue weighted by Crippen LogP contribution is 2.45. The van der Waals surface area contributed by atoms with E-state index in [1.165, 1.54) is 28.0 Å². The van der Waals surface area contributed by atoms with Crippen molar-refractivity contribution >= 4 is 68.9 Å². The number of hydrogen-bond acceptors (Lipinski definition) is 9. The fraction of sp³-hybridized carbons (Fsp3) is 0.226. The zero-order chi connectivity index (χ0) is 30.2. The van der Waals surface area contributed by atoms with Gasteiger partial charge in [-0.3, -0.25) is 14.5 Å². The largest absolute Gasteiger partial charge is 0.507 e. The predicted octanol–water partition coefficient (Wildman–Crippen LogP) is 7.66. The molecule has 0 bridgehead atoms. The Hall–Kier alpha value is -3.57. The zero-order valence-corrected chi connectivity index (χ0v) is 26.2. The average molecular weight is 655 g/mol. The van der Waals surface area contributed by atoms with Crippen LogP contribution in [0.15, 0.2) is 70.6 Å². The molecule has 1 amide bonds. The number of ketones is 1. The first-order valence-corrected chi connectivity index (χ1v) is 16.0. The van der Waals surface area contributed by atoms with Gasteiger partial charge in [-0.05, 0) is 52.9 Å². The lowest BCUT2D eigenvalue weighted by molar-refractivity contribution is -0.132. The van der Waals surface area contributed by atoms with Crippen LogP contribution < -0.4 is 14.4 Å². The number of fused-ring (bicyclic) bond motifs is 1. The number of carbonyl (C=O) groups excluding carboxylic acids is 2. The lowest BCUT2D eigenvalue weighted by atomic mass is 9.93. The number of amides is 1. The molecule has 1 atom stereocenters. The molecule has 0 aliphatic carbocycles. The number of benzene rings is 3. The molecule has 2 aliphatic heterocycles. The zero-order valence-electron chi connectivity index (χ0n) is 23.0. The van der Waals surface area contributed by atoms with E-state index in [0.29, 0.717) is 56.0 Å². The van der Waals surface area contributed by atoms with Gasteiger partial charge in [-0.25, -0.2) is 0 Å². The van der Waals surface area contributed by atoms with Crippen molar-refractivity contribution in [2.45, 2.75) is 35.9 Å². The summed E-state index contributed by atoms with van der Waals surface area (Å²) in [6.45, 7) is 4.96. The summed E-state index contributed by atoms with van der Waals surface area (Å²) in [6, 6.07) is 16.9. The molecule has 6 rings (SSSR count). The van der Waals surface area contributed by atoms with Gasteiger partial charge in [0.2, 0.25) is 5.13 Å². The Labute approximate surface area is 266 Å². The SMILES string of the molecule is CC(C)c1ccc(C2/C(=C(/O)c3ccc4c(c3)OCCO4)C(=O)C(=O)N2c2nnc(SCc3ccc(Cl)cc3Cl)s2)cc1. The molecule has 2 aliphatic rings. The van der Waals surface area contributed by atoms with E-state index >= 15 is 0 Å².